The van der Waals surface area contributed by atoms with E-state index in [1.807, 2.05) is 13.8 Å². The molecule has 0 aromatic carbocycles. The monoisotopic (exact) mass is 200 g/mol. The van der Waals surface area contributed by atoms with E-state index < -0.39 is 23.8 Å². The van der Waals surface area contributed by atoms with E-state index in [0.29, 0.717) is 25.7 Å². The minimum absolute atomic E-state index is 0.331. The van der Waals surface area contributed by atoms with Crippen molar-refractivity contribution in [3.05, 3.63) is 0 Å². The molecule has 14 heavy (non-hydrogen) atoms. The standard InChI is InChI=1S/C10H18O4/c1-3-5-10(6-4-2,9(13)14)7-8(11)12/h3-7H2,1-2H3,(H,11,12)(H,13,14)/p-2. The number of aliphatic carboxylic acids is 2. The van der Waals surface area contributed by atoms with Crippen molar-refractivity contribution in [1.29, 1.82) is 0 Å². The summed E-state index contributed by atoms with van der Waals surface area (Å²) in [6.07, 6.45) is 1.47. The van der Waals surface area contributed by atoms with Gasteiger partial charge in [0.2, 0.25) is 0 Å². The molecule has 0 aromatic rings. The zero-order valence-electron chi connectivity index (χ0n) is 8.67. The second kappa shape index (κ2) is 5.62. The first-order valence-corrected chi connectivity index (χ1v) is 4.89. The molecule has 0 aromatic heterocycles. The first-order chi connectivity index (χ1) is 6.48. The minimum Gasteiger partial charge on any atom is -0.550 e. The summed E-state index contributed by atoms with van der Waals surface area (Å²) >= 11 is 0. The molecule has 0 atom stereocenters. The van der Waals surface area contributed by atoms with Gasteiger partial charge in [-0.3, -0.25) is 0 Å². The summed E-state index contributed by atoms with van der Waals surface area (Å²) in [7, 11) is 0. The number of rotatable bonds is 7. The van der Waals surface area contributed by atoms with Crippen molar-refractivity contribution >= 4 is 11.9 Å². The molecule has 0 bridgehead atoms. The molecule has 0 unspecified atom stereocenters. The summed E-state index contributed by atoms with van der Waals surface area (Å²) in [4.78, 5) is 21.4. The van der Waals surface area contributed by atoms with Gasteiger partial charge in [0.15, 0.2) is 0 Å². The van der Waals surface area contributed by atoms with E-state index >= 15 is 0 Å². The highest BCUT2D eigenvalue weighted by molar-refractivity contribution is 5.79. The lowest BCUT2D eigenvalue weighted by Gasteiger charge is -2.35. The molecule has 4 nitrogen and oxygen atoms in total. The Labute approximate surface area is 83.9 Å². The van der Waals surface area contributed by atoms with E-state index in [-0.39, 0.29) is 0 Å². The van der Waals surface area contributed by atoms with Crippen LogP contribution in [0.5, 0.6) is 0 Å². The van der Waals surface area contributed by atoms with E-state index in [1.54, 1.807) is 0 Å². The second-order valence-electron chi connectivity index (χ2n) is 3.62. The number of carbonyl (C=O) groups is 2. The van der Waals surface area contributed by atoms with Crippen LogP contribution >= 0.6 is 0 Å². The van der Waals surface area contributed by atoms with E-state index in [0.717, 1.165) is 0 Å². The maximum atomic E-state index is 10.9. The maximum absolute atomic E-state index is 10.9. The first kappa shape index (κ1) is 12.9. The molecule has 0 spiro atoms. The van der Waals surface area contributed by atoms with Crippen LogP contribution in [-0.2, 0) is 9.59 Å². The predicted molar refractivity (Wildman–Crippen MR) is 46.9 cm³/mol. The average Bonchev–Trinajstić information content (AvgIpc) is 2.03. The Bertz CT molecular complexity index is 204. The smallest absolute Gasteiger partial charge is 0.0479 e. The molecule has 0 aliphatic carbocycles. The van der Waals surface area contributed by atoms with Gasteiger partial charge in [0.05, 0.1) is 0 Å². The van der Waals surface area contributed by atoms with Crippen LogP contribution in [0.25, 0.3) is 0 Å². The third kappa shape index (κ3) is 3.36. The van der Waals surface area contributed by atoms with Crippen molar-refractivity contribution in [3.8, 4) is 0 Å². The summed E-state index contributed by atoms with van der Waals surface area (Å²) in [6.45, 7) is 3.64. The van der Waals surface area contributed by atoms with Gasteiger partial charge in [-0.1, -0.05) is 26.7 Å². The van der Waals surface area contributed by atoms with E-state index in [9.17, 15) is 19.8 Å². The fraction of sp³-hybridized carbons (Fsp3) is 0.800. The third-order valence-corrected chi connectivity index (χ3v) is 2.37. The van der Waals surface area contributed by atoms with Crippen molar-refractivity contribution in [2.45, 2.75) is 46.0 Å². The summed E-state index contributed by atoms with van der Waals surface area (Å²) in [6, 6.07) is 0. The molecule has 0 saturated heterocycles. The van der Waals surface area contributed by atoms with Gasteiger partial charge in [-0.25, -0.2) is 0 Å². The van der Waals surface area contributed by atoms with Gasteiger partial charge < -0.3 is 19.8 Å². The van der Waals surface area contributed by atoms with Gasteiger partial charge in [0, 0.05) is 17.4 Å². The Morgan fingerprint density at radius 2 is 1.50 bits per heavy atom. The van der Waals surface area contributed by atoms with Crippen LogP contribution < -0.4 is 10.2 Å². The van der Waals surface area contributed by atoms with Crippen LogP contribution in [0.3, 0.4) is 0 Å². The van der Waals surface area contributed by atoms with Crippen molar-refractivity contribution in [3.63, 3.8) is 0 Å². The molecule has 0 fully saturated rings. The molecule has 0 N–H and O–H groups in total. The summed E-state index contributed by atoms with van der Waals surface area (Å²) < 4.78 is 0. The highest BCUT2D eigenvalue weighted by atomic mass is 16.4. The Hall–Kier alpha value is -1.06. The van der Waals surface area contributed by atoms with E-state index in [4.69, 9.17) is 0 Å². The summed E-state index contributed by atoms with van der Waals surface area (Å²) in [5.74, 6) is -2.60. The molecule has 0 amide bonds. The lowest BCUT2D eigenvalue weighted by Crippen LogP contribution is -2.46. The van der Waals surface area contributed by atoms with Gasteiger partial charge in [-0.2, -0.15) is 0 Å². The Morgan fingerprint density at radius 3 is 1.71 bits per heavy atom. The molecular weight excluding hydrogens is 184 g/mol. The maximum Gasteiger partial charge on any atom is 0.0479 e. The average molecular weight is 200 g/mol. The van der Waals surface area contributed by atoms with Gasteiger partial charge in [0.1, 0.15) is 0 Å². The quantitative estimate of drug-likeness (QED) is 0.553. The molecule has 4 heteroatoms. The third-order valence-electron chi connectivity index (χ3n) is 2.37. The van der Waals surface area contributed by atoms with Crippen LogP contribution in [0.2, 0.25) is 0 Å². The molecular formula is C10H16O4-2. The number of carbonyl (C=O) groups excluding carboxylic acids is 2. The SMILES string of the molecule is CCCC(CCC)(CC(=O)[O-])C(=O)[O-]. The Kier molecular flexibility index (Phi) is 5.20. The minimum atomic E-state index is -1.32. The van der Waals surface area contributed by atoms with Gasteiger partial charge in [0.25, 0.3) is 0 Å². The highest BCUT2D eigenvalue weighted by Gasteiger charge is 2.29. The molecule has 82 valence electrons. The van der Waals surface area contributed by atoms with E-state index in [1.165, 1.54) is 0 Å². The number of carboxylic acid groups (broad SMARTS) is 2. The topological polar surface area (TPSA) is 80.3 Å². The van der Waals surface area contributed by atoms with Crippen molar-refractivity contribution in [2.24, 2.45) is 5.41 Å². The number of carboxylic acids is 2. The van der Waals surface area contributed by atoms with Crippen LogP contribution in [0.15, 0.2) is 0 Å². The van der Waals surface area contributed by atoms with Crippen molar-refractivity contribution in [1.82, 2.24) is 0 Å². The predicted octanol–water partition coefficient (Wildman–Crippen LogP) is -0.537. The molecule has 0 aliphatic rings. The van der Waals surface area contributed by atoms with Crippen molar-refractivity contribution < 1.29 is 19.8 Å². The van der Waals surface area contributed by atoms with E-state index in [2.05, 4.69) is 0 Å². The molecule has 0 saturated carbocycles. The fourth-order valence-corrected chi connectivity index (χ4v) is 1.81. The Morgan fingerprint density at radius 1 is 1.07 bits per heavy atom. The first-order valence-electron chi connectivity index (χ1n) is 4.89. The zero-order chi connectivity index (χ0) is 11.2. The zero-order valence-corrected chi connectivity index (χ0v) is 8.67. The normalized spacial score (nSPS) is 11.3. The lowest BCUT2D eigenvalue weighted by molar-refractivity contribution is -0.329. The largest absolute Gasteiger partial charge is 0.550 e. The second-order valence-corrected chi connectivity index (χ2v) is 3.62. The van der Waals surface area contributed by atoms with Gasteiger partial charge in [-0.15, -0.1) is 0 Å². The molecule has 0 heterocycles. The lowest BCUT2D eigenvalue weighted by atomic mass is 9.76. The van der Waals surface area contributed by atoms with Gasteiger partial charge in [-0.05, 0) is 19.3 Å². The fourth-order valence-electron chi connectivity index (χ4n) is 1.81. The van der Waals surface area contributed by atoms with Gasteiger partial charge >= 0.3 is 0 Å². The van der Waals surface area contributed by atoms with Crippen LogP contribution in [0.4, 0.5) is 0 Å². The Balaban J connectivity index is 4.73. The van der Waals surface area contributed by atoms with Crippen LogP contribution in [-0.4, -0.2) is 11.9 Å². The highest BCUT2D eigenvalue weighted by Crippen LogP contribution is 2.32. The van der Waals surface area contributed by atoms with Crippen molar-refractivity contribution in [2.75, 3.05) is 0 Å². The summed E-state index contributed by atoms with van der Waals surface area (Å²) in [5, 5.41) is 21.4. The summed E-state index contributed by atoms with van der Waals surface area (Å²) in [5.41, 5.74) is -1.23. The molecule has 0 aliphatic heterocycles. The molecule has 0 radical (unpaired) electrons. The van der Waals surface area contributed by atoms with Crippen LogP contribution in [0.1, 0.15) is 46.0 Å². The number of hydrogen-bond donors (Lipinski definition) is 0. The number of hydrogen-bond acceptors (Lipinski definition) is 4. The molecule has 0 rings (SSSR count). The van der Waals surface area contributed by atoms with Crippen LogP contribution in [0, 0.1) is 5.41 Å².